The summed E-state index contributed by atoms with van der Waals surface area (Å²) in [5.74, 6) is -1.35. The molecule has 3 saturated heterocycles. The molecule has 717 valence electrons. The van der Waals surface area contributed by atoms with Crippen molar-refractivity contribution in [2.24, 2.45) is 51.8 Å². The molecule has 3 saturated carbocycles. The van der Waals surface area contributed by atoms with Gasteiger partial charge in [-0.3, -0.25) is 14.4 Å². The standard InChI is InChI=1S/C32H41F2N4O6.C31H39F2N4O6.C30H37F2N4O6.3V/c1-18-24(17-39)38-16-26(18)43-28-22(35-21-14-13-20(42-30(33)34)15-23(21)36-28)11-7-5-6-9-19-10-8-12-25(19)44-31(41)37-27(29(38)40)32(2,3)4;1-17-23(16-38)37-15-24(17)42-26-21(34-20-12-11-19(41-28(32)33)13-22(20)35-26)10-8-6-7-9-18-14-31(18,5)43-29(40)36-25(27(37)39)30(2,3)4;1-16-22(15-37)36-14-24(16)41-26-20(33-19-11-10-18(40-28(31)32)13-21(19)34-26)9-7-5-6-8-17-12-23(17)42-29(39)35-25(27(36)38)30(2,3)4;;;/h13-15,18-19,24-27,30H,5-12,16H2,1-4H3,(H,37,41);11-13,17-18,23-25,28H,6-10,14-15H2,1-5H3,(H,36,40);10-11,13,16-17,22-25,28H,5-9,12,14H2,1-4H3,(H,35,39);;;/q3*-1;;;/t18-,19+,24+,25+,26-,27+;17-,18+,23+,24-,25+,31+;16-,17+,22+,23+,24-,25+;;;/m000.../s1. The number of benzene rings is 3. The average Bonchev–Trinajstić information content (AvgIpc) is 1.61. The van der Waals surface area contributed by atoms with Crippen molar-refractivity contribution in [2.45, 2.75) is 311 Å². The van der Waals surface area contributed by atoms with E-state index in [0.717, 1.165) is 109 Å². The molecule has 39 heteroatoms. The summed E-state index contributed by atoms with van der Waals surface area (Å²) in [6.07, 6.45) is 18.5. The number of ether oxygens (including phenoxy) is 9. The van der Waals surface area contributed by atoms with E-state index >= 15 is 0 Å². The summed E-state index contributed by atoms with van der Waals surface area (Å²) in [5.41, 5.74) is 1.71. The van der Waals surface area contributed by atoms with Gasteiger partial charge in [-0.2, -0.15) is 26.3 Å². The van der Waals surface area contributed by atoms with E-state index in [4.69, 9.17) is 43.4 Å². The number of nitrogens with zero attached hydrogens (tertiary/aromatic N) is 9. The predicted molar refractivity (Wildman–Crippen MR) is 457 cm³/mol. The van der Waals surface area contributed by atoms with Crippen molar-refractivity contribution in [2.75, 3.05) is 19.6 Å². The van der Waals surface area contributed by atoms with Crippen LogP contribution in [-0.4, -0.2) is 211 Å². The number of hydrogen-bond acceptors (Lipinski definition) is 24. The molecule has 3 aromatic carbocycles. The number of amides is 6. The molecule has 132 heavy (non-hydrogen) atoms. The molecule has 9 aliphatic rings. The maximum Gasteiger partial charge on any atom is 0.408 e. The number of halogens is 6. The maximum absolute atomic E-state index is 14.0. The molecule has 3 aromatic heterocycles. The first-order valence-corrected chi connectivity index (χ1v) is 44.9. The van der Waals surface area contributed by atoms with Crippen LogP contribution in [0.2, 0.25) is 0 Å². The van der Waals surface area contributed by atoms with E-state index in [2.05, 4.69) is 45.1 Å². The Bertz CT molecular complexity index is 5080. The summed E-state index contributed by atoms with van der Waals surface area (Å²) in [6.45, 7) is 15.0. The number of carbonyl (C=O) groups excluding carboxylic acids is 9. The summed E-state index contributed by atoms with van der Waals surface area (Å²) in [5, 5.41) is 8.34. The smallest absolute Gasteiger partial charge is 0.408 e. The Morgan fingerprint density at radius 2 is 0.727 bits per heavy atom. The molecule has 3 N–H and O–H groups in total. The minimum absolute atomic E-state index is 0. The molecule has 6 aromatic rings. The molecule has 15 rings (SSSR count). The zero-order valence-electron chi connectivity index (χ0n) is 76.5. The first-order valence-electron chi connectivity index (χ1n) is 44.9. The number of hydrogen-bond donors (Lipinski definition) is 3. The third-order valence-electron chi connectivity index (χ3n) is 26.3. The molecule has 3 aliphatic carbocycles. The van der Waals surface area contributed by atoms with Gasteiger partial charge in [0, 0.05) is 79.8 Å². The number of aromatic nitrogens is 6. The van der Waals surface area contributed by atoms with Gasteiger partial charge in [0.2, 0.25) is 35.4 Å². The summed E-state index contributed by atoms with van der Waals surface area (Å²) in [7, 11) is 0. The van der Waals surface area contributed by atoms with Gasteiger partial charge in [0.1, 0.15) is 88.6 Å². The zero-order valence-corrected chi connectivity index (χ0v) is 80.7. The number of alkyl carbamates (subject to hydrolysis) is 3. The Morgan fingerprint density at radius 3 is 1.07 bits per heavy atom. The number of alkyl halides is 6. The van der Waals surface area contributed by atoms with Gasteiger partial charge in [-0.25, -0.2) is 63.1 Å². The van der Waals surface area contributed by atoms with E-state index in [9.17, 15) is 69.5 Å². The van der Waals surface area contributed by atoms with Crippen LogP contribution in [0.15, 0.2) is 54.6 Å². The molecule has 6 bridgehead atoms. The second-order valence-electron chi connectivity index (χ2n) is 39.0. The van der Waals surface area contributed by atoms with Gasteiger partial charge >= 0.3 is 38.1 Å². The van der Waals surface area contributed by atoms with Crippen molar-refractivity contribution in [1.29, 1.82) is 0 Å². The molecular formula is C93H117F6N12O18V3-3. The number of carbonyl (C=O) groups is 6. The van der Waals surface area contributed by atoms with E-state index in [0.29, 0.717) is 69.4 Å². The van der Waals surface area contributed by atoms with Gasteiger partial charge in [-0.1, -0.05) is 140 Å². The molecule has 3 radical (unpaired) electrons. The van der Waals surface area contributed by atoms with Crippen molar-refractivity contribution < 1.29 is 168 Å². The van der Waals surface area contributed by atoms with E-state index in [1.165, 1.54) is 51.1 Å². The van der Waals surface area contributed by atoms with E-state index < -0.39 is 150 Å². The topological polar surface area (TPSA) is 360 Å². The van der Waals surface area contributed by atoms with Crippen molar-refractivity contribution in [3.63, 3.8) is 0 Å². The summed E-state index contributed by atoms with van der Waals surface area (Å²) >= 11 is 0. The first kappa shape index (κ1) is 105. The molecule has 6 aliphatic heterocycles. The van der Waals surface area contributed by atoms with E-state index in [1.807, 2.05) is 88.1 Å². The Hall–Kier alpha value is -8.96. The Balaban J connectivity index is 0.000000203. The fourth-order valence-corrected chi connectivity index (χ4v) is 18.5. The molecule has 6 fully saturated rings. The van der Waals surface area contributed by atoms with Crippen LogP contribution in [-0.2, 0) is 118 Å². The van der Waals surface area contributed by atoms with Crippen LogP contribution in [0.3, 0.4) is 0 Å². The van der Waals surface area contributed by atoms with Crippen LogP contribution in [0.4, 0.5) is 40.7 Å². The van der Waals surface area contributed by atoms with Crippen molar-refractivity contribution >= 4 is 88.0 Å². The minimum Gasteiger partial charge on any atom is -0.540 e. The normalized spacial score (nSPS) is 28.7. The van der Waals surface area contributed by atoms with Crippen LogP contribution < -0.4 is 44.4 Å². The summed E-state index contributed by atoms with van der Waals surface area (Å²) in [4.78, 5) is 150. The number of fused-ring (bicyclic) bond motifs is 15. The third kappa shape index (κ3) is 25.8. The van der Waals surface area contributed by atoms with Gasteiger partial charge in [-0.05, 0) is 179 Å². The quantitative estimate of drug-likeness (QED) is 0.0687. The van der Waals surface area contributed by atoms with Crippen molar-refractivity contribution in [1.82, 2.24) is 60.6 Å². The second kappa shape index (κ2) is 44.7. The van der Waals surface area contributed by atoms with E-state index in [-0.39, 0.29) is 140 Å². The number of rotatable bonds is 9. The fourth-order valence-electron chi connectivity index (χ4n) is 18.5. The van der Waals surface area contributed by atoms with Gasteiger partial charge in [0.05, 0.1) is 52.7 Å². The van der Waals surface area contributed by atoms with Crippen LogP contribution in [0, 0.1) is 51.8 Å². The third-order valence-corrected chi connectivity index (χ3v) is 26.3. The van der Waals surface area contributed by atoms with E-state index in [1.54, 1.807) is 39.0 Å². The molecule has 0 unspecified atom stereocenters. The number of aryl methyl sites for hydroxylation is 3. The predicted octanol–water partition coefficient (Wildman–Crippen LogP) is 14.9. The van der Waals surface area contributed by atoms with Crippen LogP contribution in [0.25, 0.3) is 33.1 Å². The van der Waals surface area contributed by atoms with Gasteiger partial charge in [0.15, 0.2) is 0 Å². The molecule has 0 spiro atoms. The molecule has 18 atom stereocenters. The van der Waals surface area contributed by atoms with Gasteiger partial charge in [-0.15, -0.1) is 0 Å². The molecule has 6 amide bonds. The van der Waals surface area contributed by atoms with Crippen LogP contribution in [0.1, 0.15) is 216 Å². The second-order valence-corrected chi connectivity index (χ2v) is 39.0. The van der Waals surface area contributed by atoms with Crippen LogP contribution in [0.5, 0.6) is 34.9 Å². The number of nitrogens with one attached hydrogen (secondary N) is 3. The molecular weight excluding hydrogens is 1840 g/mol. The van der Waals surface area contributed by atoms with Crippen molar-refractivity contribution in [3.8, 4) is 34.9 Å². The Morgan fingerprint density at radius 1 is 0.402 bits per heavy atom. The molecule has 9 heterocycles. The first-order chi connectivity index (χ1) is 61.2. The van der Waals surface area contributed by atoms with Gasteiger partial charge < -0.3 is 87.7 Å². The SMILES string of the molecule is C[C@@H]1[C@@H]2CN(C(=O)[C@H](C(C)(C)C)NC(=O)O[C@@H]3CCC[C@H]3CCCCCc3nc4ccc(OC(F)F)cc4nc3O2)[C@@H]1[C-]=O.C[C@@H]1[C@@H]2CN(C(=O)[C@H](C(C)(C)C)NC(=O)O[C@@H]3C[C@H]3CCCCCc3nc4ccc(OC(F)F)cc4nc3O2)[C@@H]1[C-]=O.C[C@@H]1[C@@H]2CN(C(=O)[C@H](C(C)(C)C)NC(=O)O[C@]3(C)C[C@H]3CCCCCc3nc4ccc(OC(F)F)cc4nc3O2)[C@@H]1[C-]=O.[V].[V].[V]. The monoisotopic (exact) mass is 1960 g/mol. The Labute approximate surface area is 799 Å². The zero-order chi connectivity index (χ0) is 92.9. The van der Waals surface area contributed by atoms with Crippen molar-refractivity contribution in [3.05, 3.63) is 71.7 Å². The largest absolute Gasteiger partial charge is 0.540 e. The summed E-state index contributed by atoms with van der Waals surface area (Å²) < 4.78 is 127. The fraction of sp³-hybridized carbons (Fsp3) is 0.645. The van der Waals surface area contributed by atoms with Gasteiger partial charge in [0.25, 0.3) is 0 Å². The maximum atomic E-state index is 14.0. The molecule has 30 nitrogen and oxygen atoms in total. The average molecular weight is 1960 g/mol. The Kier molecular flexibility index (Phi) is 35.6. The minimum atomic E-state index is -2.98. The summed E-state index contributed by atoms with van der Waals surface area (Å²) in [6, 6.07) is 7.53. The van der Waals surface area contributed by atoms with Crippen LogP contribution >= 0.6 is 0 Å².